The van der Waals surface area contributed by atoms with Gasteiger partial charge in [-0.05, 0) is 80.3 Å². The molecule has 7 N–H and O–H groups in total. The molecule has 0 aliphatic heterocycles. The number of rotatable bonds is 25. The zero-order chi connectivity index (χ0) is 26.6. The van der Waals surface area contributed by atoms with E-state index in [1.807, 2.05) is 45.8 Å². The Labute approximate surface area is 216 Å². The fraction of sp³-hybridized carbons (Fsp3) is 1.00. The molecule has 0 aliphatic rings. The first kappa shape index (κ1) is 35.0. The monoisotopic (exact) mass is 541 g/mol. The summed E-state index contributed by atoms with van der Waals surface area (Å²) in [5.74, 6) is 0. The van der Waals surface area contributed by atoms with Crippen LogP contribution in [0.5, 0.6) is 0 Å². The van der Waals surface area contributed by atoms with Gasteiger partial charge in [0.05, 0.1) is 0 Å². The molecule has 0 fully saturated rings. The Kier molecular flexibility index (Phi) is 21.0. The normalized spacial score (nSPS) is 14.6. The number of hydrogen-bond acceptors (Lipinski definition) is 11. The van der Waals surface area contributed by atoms with Gasteiger partial charge in [-0.2, -0.15) is 0 Å². The van der Waals surface area contributed by atoms with Crippen molar-refractivity contribution in [1.29, 1.82) is 0 Å². The third-order valence-corrected chi connectivity index (χ3v) is 12.6. The Morgan fingerprint density at radius 3 is 1.37 bits per heavy atom. The Hall–Kier alpha value is -0.00623. The van der Waals surface area contributed by atoms with Gasteiger partial charge in [0.2, 0.25) is 0 Å². The van der Waals surface area contributed by atoms with Gasteiger partial charge in [-0.1, -0.05) is 0 Å². The molecule has 13 heteroatoms. The minimum Gasteiger partial charge on any atom is -0.362 e. The number of nitrogens with one attached hydrogen (secondary N) is 1. The van der Waals surface area contributed by atoms with Crippen LogP contribution in [0.3, 0.4) is 0 Å². The smallest absolute Gasteiger partial charge is 0.362 e. The minimum absolute atomic E-state index is 0.132. The highest BCUT2D eigenvalue weighted by Gasteiger charge is 2.65. The van der Waals surface area contributed by atoms with E-state index in [9.17, 15) is 0 Å². The van der Waals surface area contributed by atoms with Crippen LogP contribution in [0.15, 0.2) is 0 Å². The lowest BCUT2D eigenvalue weighted by atomic mass is 10.2. The van der Waals surface area contributed by atoms with E-state index in [4.69, 9.17) is 43.8 Å². The topological polar surface area (TPSA) is 149 Å². The van der Waals surface area contributed by atoms with E-state index in [2.05, 4.69) is 5.32 Å². The predicted octanol–water partition coefficient (Wildman–Crippen LogP) is 1.14. The van der Waals surface area contributed by atoms with Gasteiger partial charge in [-0.15, -0.1) is 0 Å². The van der Waals surface area contributed by atoms with Crippen LogP contribution in [-0.4, -0.2) is 100 Å². The maximum Gasteiger partial charge on any atom is 0.598 e. The van der Waals surface area contributed by atoms with Crippen molar-refractivity contribution < 1.29 is 26.6 Å². The number of nitrogens with zero attached hydrogens (tertiary/aromatic N) is 1. The van der Waals surface area contributed by atoms with E-state index in [0.29, 0.717) is 65.7 Å². The zero-order valence-electron chi connectivity index (χ0n) is 23.2. The maximum absolute atomic E-state index is 6.69. The molecular formula is C22H55N5O6Si2. The molecule has 35 heavy (non-hydrogen) atoms. The van der Waals surface area contributed by atoms with Crippen LogP contribution in [0.4, 0.5) is 0 Å². The molecule has 0 aromatic carbocycles. The number of nitrogens with two attached hydrogens (primary N) is 3. The van der Waals surface area contributed by atoms with Gasteiger partial charge < -0.3 is 49.1 Å². The standard InChI is InChI=1S/C22H55N5O6Si2/c1-7-28-34(29-8-2,32-21(5)13-11-15-23)27(20-19-26-18-17-25)35(30-9-3,31-10-4)33-22(6)14-12-16-24/h21-22,26H,7-20,23-25H2,1-6H3. The summed E-state index contributed by atoms with van der Waals surface area (Å²) in [6.07, 6.45) is 2.99. The van der Waals surface area contributed by atoms with Gasteiger partial charge >= 0.3 is 17.9 Å². The molecule has 0 spiro atoms. The van der Waals surface area contributed by atoms with Crippen molar-refractivity contribution in [3.05, 3.63) is 0 Å². The van der Waals surface area contributed by atoms with E-state index in [-0.39, 0.29) is 12.2 Å². The van der Waals surface area contributed by atoms with Crippen molar-refractivity contribution in [3.63, 3.8) is 0 Å². The number of hydrogen-bond donors (Lipinski definition) is 4. The van der Waals surface area contributed by atoms with Gasteiger partial charge in [0.15, 0.2) is 0 Å². The average Bonchev–Trinajstić information content (AvgIpc) is 2.81. The van der Waals surface area contributed by atoms with Crippen LogP contribution in [0.2, 0.25) is 0 Å². The van der Waals surface area contributed by atoms with Crippen molar-refractivity contribution in [2.24, 2.45) is 17.2 Å². The van der Waals surface area contributed by atoms with E-state index < -0.39 is 17.9 Å². The van der Waals surface area contributed by atoms with Crippen molar-refractivity contribution >= 4 is 17.9 Å². The first-order valence-corrected chi connectivity index (χ1v) is 16.7. The second-order valence-electron chi connectivity index (χ2n) is 8.19. The molecule has 0 rings (SSSR count). The highest BCUT2D eigenvalue weighted by molar-refractivity contribution is 6.75. The van der Waals surface area contributed by atoms with E-state index in [1.54, 1.807) is 0 Å². The molecule has 0 heterocycles. The summed E-state index contributed by atoms with van der Waals surface area (Å²) < 4.78 is 41.1. The average molecular weight is 542 g/mol. The van der Waals surface area contributed by atoms with Crippen LogP contribution in [0.25, 0.3) is 0 Å². The lowest BCUT2D eigenvalue weighted by Crippen LogP contribution is -2.76. The first-order valence-electron chi connectivity index (χ1n) is 13.3. The van der Waals surface area contributed by atoms with E-state index in [0.717, 1.165) is 25.7 Å². The fourth-order valence-electron chi connectivity index (χ4n) is 3.68. The fourth-order valence-corrected chi connectivity index (χ4v) is 10.9. The van der Waals surface area contributed by atoms with Gasteiger partial charge in [0, 0.05) is 64.8 Å². The molecule has 0 saturated carbocycles. The second-order valence-corrected chi connectivity index (χ2v) is 13.4. The zero-order valence-corrected chi connectivity index (χ0v) is 25.2. The molecule has 2 atom stereocenters. The lowest BCUT2D eigenvalue weighted by molar-refractivity contribution is -0.0449. The molecule has 0 aromatic heterocycles. The molecule has 11 nitrogen and oxygen atoms in total. The molecule has 0 saturated heterocycles. The van der Waals surface area contributed by atoms with Crippen LogP contribution in [0.1, 0.15) is 67.2 Å². The molecular weight excluding hydrogens is 486 g/mol. The predicted molar refractivity (Wildman–Crippen MR) is 144 cm³/mol. The molecule has 2 unspecified atom stereocenters. The Morgan fingerprint density at radius 2 is 1.06 bits per heavy atom. The second kappa shape index (κ2) is 21.0. The van der Waals surface area contributed by atoms with Gasteiger partial charge in [-0.3, -0.25) is 0 Å². The van der Waals surface area contributed by atoms with Gasteiger partial charge in [0.25, 0.3) is 0 Å². The minimum atomic E-state index is -3.52. The van der Waals surface area contributed by atoms with Gasteiger partial charge in [0.1, 0.15) is 0 Å². The molecule has 0 bridgehead atoms. The first-order chi connectivity index (χ1) is 16.8. The van der Waals surface area contributed by atoms with Crippen LogP contribution < -0.4 is 22.5 Å². The van der Waals surface area contributed by atoms with Crippen molar-refractivity contribution in [3.8, 4) is 0 Å². The SMILES string of the molecule is CCO[Si](OCC)(OC(C)CCCN)N(CCNCCN)[Si](OCC)(OCC)OC(C)CCCN. The maximum atomic E-state index is 6.69. The third kappa shape index (κ3) is 12.9. The highest BCUT2D eigenvalue weighted by Crippen LogP contribution is 2.29. The summed E-state index contributed by atoms with van der Waals surface area (Å²) in [4.78, 5) is 0. The van der Waals surface area contributed by atoms with Crippen LogP contribution in [-0.2, 0) is 26.6 Å². The van der Waals surface area contributed by atoms with Crippen molar-refractivity contribution in [2.75, 3.05) is 65.7 Å². The quantitative estimate of drug-likeness (QED) is 0.0973. The summed E-state index contributed by atoms with van der Waals surface area (Å²) in [5, 5.41) is 3.36. The highest BCUT2D eigenvalue weighted by atomic mass is 28.5. The van der Waals surface area contributed by atoms with Crippen LogP contribution in [0, 0.1) is 0 Å². The molecule has 0 radical (unpaired) electrons. The summed E-state index contributed by atoms with van der Waals surface area (Å²) >= 11 is 0. The van der Waals surface area contributed by atoms with Gasteiger partial charge in [-0.25, -0.2) is 4.23 Å². The molecule has 0 amide bonds. The summed E-state index contributed by atoms with van der Waals surface area (Å²) in [5.41, 5.74) is 17.2. The summed E-state index contributed by atoms with van der Waals surface area (Å²) in [6.45, 7) is 17.0. The van der Waals surface area contributed by atoms with Crippen molar-refractivity contribution in [1.82, 2.24) is 9.55 Å². The molecule has 212 valence electrons. The Balaban J connectivity index is 6.55. The Bertz CT molecular complexity index is 453. The third-order valence-electron chi connectivity index (χ3n) is 5.13. The largest absolute Gasteiger partial charge is 0.598 e. The Morgan fingerprint density at radius 1 is 0.657 bits per heavy atom. The van der Waals surface area contributed by atoms with E-state index in [1.165, 1.54) is 0 Å². The van der Waals surface area contributed by atoms with Crippen LogP contribution >= 0.6 is 0 Å². The summed E-state index contributed by atoms with van der Waals surface area (Å²) in [7, 11) is -7.05. The summed E-state index contributed by atoms with van der Waals surface area (Å²) in [6, 6.07) is 0. The van der Waals surface area contributed by atoms with Crippen molar-refractivity contribution in [2.45, 2.75) is 79.4 Å². The molecule has 0 aromatic rings. The van der Waals surface area contributed by atoms with E-state index >= 15 is 0 Å². The molecule has 0 aliphatic carbocycles. The lowest BCUT2D eigenvalue weighted by Gasteiger charge is -2.46.